The lowest BCUT2D eigenvalue weighted by atomic mass is 9.94. The molecule has 4 heteroatoms. The highest BCUT2D eigenvalue weighted by Crippen LogP contribution is 2.45. The number of aryl methyl sites for hydroxylation is 2. The fourth-order valence-corrected chi connectivity index (χ4v) is 4.66. The first kappa shape index (κ1) is 15.0. The number of hydrogen-bond donors (Lipinski definition) is 1. The van der Waals surface area contributed by atoms with Gasteiger partial charge in [-0.2, -0.15) is 5.26 Å². The number of nitriles is 1. The first-order valence-electron chi connectivity index (χ1n) is 8.11. The summed E-state index contributed by atoms with van der Waals surface area (Å²) in [5.74, 6) is 0.261. The first-order chi connectivity index (χ1) is 11.6. The van der Waals surface area contributed by atoms with E-state index >= 15 is 0 Å². The molecule has 1 aliphatic rings. The average Bonchev–Trinajstić information content (AvgIpc) is 3.23. The number of hydrogen-bond acceptors (Lipinski definition) is 3. The molecule has 0 amide bonds. The second-order valence-corrected chi connectivity index (χ2v) is 7.39. The van der Waals surface area contributed by atoms with E-state index in [9.17, 15) is 10.4 Å². The number of aromatic nitrogens is 1. The van der Waals surface area contributed by atoms with Gasteiger partial charge in [-0.1, -0.05) is 0 Å². The molecule has 4 rings (SSSR count). The van der Waals surface area contributed by atoms with E-state index < -0.39 is 0 Å². The van der Waals surface area contributed by atoms with Crippen molar-refractivity contribution in [3.05, 3.63) is 51.3 Å². The molecule has 0 aliphatic carbocycles. The van der Waals surface area contributed by atoms with E-state index in [1.165, 1.54) is 16.0 Å². The van der Waals surface area contributed by atoms with E-state index in [4.69, 9.17) is 0 Å². The molecule has 120 valence electrons. The van der Waals surface area contributed by atoms with Crippen molar-refractivity contribution in [2.24, 2.45) is 0 Å². The van der Waals surface area contributed by atoms with Gasteiger partial charge >= 0.3 is 0 Å². The molecule has 3 nitrogen and oxygen atoms in total. The van der Waals surface area contributed by atoms with Gasteiger partial charge in [0.15, 0.2) is 0 Å². The molecule has 0 unspecified atom stereocenters. The molecular weight excluding hydrogens is 316 g/mol. The Kier molecular flexibility index (Phi) is 3.47. The molecule has 0 radical (unpaired) electrons. The highest BCUT2D eigenvalue weighted by Gasteiger charge is 2.29. The summed E-state index contributed by atoms with van der Waals surface area (Å²) in [5.41, 5.74) is 7.62. The maximum absolute atomic E-state index is 9.87. The Morgan fingerprint density at radius 3 is 2.54 bits per heavy atom. The van der Waals surface area contributed by atoms with E-state index in [-0.39, 0.29) is 5.75 Å². The van der Waals surface area contributed by atoms with E-state index in [1.807, 2.05) is 12.1 Å². The Labute approximate surface area is 145 Å². The van der Waals surface area contributed by atoms with E-state index in [0.717, 1.165) is 47.5 Å². The van der Waals surface area contributed by atoms with Crippen LogP contribution in [0.5, 0.6) is 5.75 Å². The van der Waals surface area contributed by atoms with Crippen LogP contribution in [0, 0.1) is 25.2 Å². The third kappa shape index (κ3) is 2.09. The molecule has 1 aliphatic heterocycles. The van der Waals surface area contributed by atoms with Gasteiger partial charge in [-0.3, -0.25) is 0 Å². The third-order valence-electron chi connectivity index (χ3n) is 4.83. The van der Waals surface area contributed by atoms with E-state index in [1.54, 1.807) is 23.5 Å². The lowest BCUT2D eigenvalue weighted by Gasteiger charge is -2.11. The van der Waals surface area contributed by atoms with Crippen LogP contribution < -0.4 is 0 Å². The molecule has 1 aromatic carbocycles. The van der Waals surface area contributed by atoms with Gasteiger partial charge in [-0.05, 0) is 67.5 Å². The molecule has 0 fully saturated rings. The molecule has 0 saturated heterocycles. The normalized spacial score (nSPS) is 13.0. The van der Waals surface area contributed by atoms with Crippen LogP contribution in [0.25, 0.3) is 22.4 Å². The van der Waals surface area contributed by atoms with Gasteiger partial charge in [0.25, 0.3) is 0 Å². The van der Waals surface area contributed by atoms with Crippen LogP contribution >= 0.6 is 11.3 Å². The molecule has 0 atom stereocenters. The summed E-state index contributed by atoms with van der Waals surface area (Å²) in [4.78, 5) is 1.24. The number of phenols is 1. The summed E-state index contributed by atoms with van der Waals surface area (Å²) in [6.07, 6.45) is 2.03. The summed E-state index contributed by atoms with van der Waals surface area (Å²) in [6, 6.07) is 9.79. The standard InChI is InChI=1S/C20H18N2OS/c1-12-11-24-13(2)18(12)19-16(10-21)17-4-3-9-22(17)20(19)14-5-7-15(23)8-6-14/h5-8,11,23H,3-4,9H2,1-2H3. The molecule has 2 aromatic heterocycles. The number of phenolic OH excluding ortho intramolecular Hbond substituents is 1. The minimum absolute atomic E-state index is 0.261. The second kappa shape index (κ2) is 5.54. The van der Waals surface area contributed by atoms with Crippen LogP contribution in [0.3, 0.4) is 0 Å². The van der Waals surface area contributed by atoms with Crippen LogP contribution in [0.4, 0.5) is 0 Å². The Balaban J connectivity index is 2.09. The van der Waals surface area contributed by atoms with Crippen molar-refractivity contribution in [1.82, 2.24) is 4.57 Å². The molecule has 24 heavy (non-hydrogen) atoms. The van der Waals surface area contributed by atoms with Crippen molar-refractivity contribution in [3.63, 3.8) is 0 Å². The number of aromatic hydroxyl groups is 1. The van der Waals surface area contributed by atoms with E-state index in [2.05, 4.69) is 29.9 Å². The van der Waals surface area contributed by atoms with Crippen LogP contribution in [0.2, 0.25) is 0 Å². The zero-order valence-corrected chi connectivity index (χ0v) is 14.6. The fraction of sp³-hybridized carbons (Fsp3) is 0.250. The second-order valence-electron chi connectivity index (χ2n) is 6.31. The Morgan fingerprint density at radius 1 is 1.17 bits per heavy atom. The number of fused-ring (bicyclic) bond motifs is 1. The van der Waals surface area contributed by atoms with E-state index in [0.29, 0.717) is 0 Å². The van der Waals surface area contributed by atoms with Gasteiger partial charge < -0.3 is 9.67 Å². The van der Waals surface area contributed by atoms with Crippen LogP contribution in [0.15, 0.2) is 29.6 Å². The maximum Gasteiger partial charge on any atom is 0.115 e. The Morgan fingerprint density at radius 2 is 1.92 bits per heavy atom. The molecule has 1 N–H and O–H groups in total. The molecule has 0 spiro atoms. The van der Waals surface area contributed by atoms with Gasteiger partial charge in [0.2, 0.25) is 0 Å². The Bertz CT molecular complexity index is 951. The summed E-state index contributed by atoms with van der Waals surface area (Å²) in [7, 11) is 0. The minimum Gasteiger partial charge on any atom is -0.508 e. The molecular formula is C20H18N2OS. The lowest BCUT2D eigenvalue weighted by molar-refractivity contribution is 0.475. The van der Waals surface area contributed by atoms with Crippen LogP contribution in [-0.2, 0) is 13.0 Å². The molecule has 3 aromatic rings. The van der Waals surface area contributed by atoms with Gasteiger partial charge in [0.05, 0.1) is 11.3 Å². The largest absolute Gasteiger partial charge is 0.508 e. The van der Waals surface area contributed by atoms with Crippen molar-refractivity contribution < 1.29 is 5.11 Å². The summed E-state index contributed by atoms with van der Waals surface area (Å²) in [6.45, 7) is 5.18. The predicted octanol–water partition coefficient (Wildman–Crippen LogP) is 5.02. The maximum atomic E-state index is 9.87. The summed E-state index contributed by atoms with van der Waals surface area (Å²) in [5, 5.41) is 21.7. The number of rotatable bonds is 2. The average molecular weight is 334 g/mol. The quantitative estimate of drug-likeness (QED) is 0.715. The zero-order chi connectivity index (χ0) is 16.8. The number of nitrogens with zero attached hydrogens (tertiary/aromatic N) is 2. The highest BCUT2D eigenvalue weighted by molar-refractivity contribution is 7.10. The first-order valence-corrected chi connectivity index (χ1v) is 8.99. The van der Waals surface area contributed by atoms with Crippen molar-refractivity contribution >= 4 is 11.3 Å². The van der Waals surface area contributed by atoms with Gasteiger partial charge in [0.1, 0.15) is 11.8 Å². The molecule has 0 bridgehead atoms. The van der Waals surface area contributed by atoms with Crippen molar-refractivity contribution in [2.45, 2.75) is 33.2 Å². The van der Waals surface area contributed by atoms with Gasteiger partial charge in [-0.15, -0.1) is 11.3 Å². The summed E-state index contributed by atoms with van der Waals surface area (Å²) < 4.78 is 2.30. The highest BCUT2D eigenvalue weighted by atomic mass is 32.1. The SMILES string of the molecule is Cc1csc(C)c1-c1c(C#N)c2n(c1-c1ccc(O)cc1)CCC2. The van der Waals surface area contributed by atoms with Gasteiger partial charge in [-0.25, -0.2) is 0 Å². The smallest absolute Gasteiger partial charge is 0.115 e. The minimum atomic E-state index is 0.261. The summed E-state index contributed by atoms with van der Waals surface area (Å²) >= 11 is 1.73. The van der Waals surface area contributed by atoms with Crippen molar-refractivity contribution in [3.8, 4) is 34.2 Å². The van der Waals surface area contributed by atoms with Crippen molar-refractivity contribution in [1.29, 1.82) is 5.26 Å². The van der Waals surface area contributed by atoms with Gasteiger partial charge in [0, 0.05) is 28.2 Å². The van der Waals surface area contributed by atoms with Crippen molar-refractivity contribution in [2.75, 3.05) is 0 Å². The number of thiophene rings is 1. The molecule has 3 heterocycles. The zero-order valence-electron chi connectivity index (χ0n) is 13.8. The fourth-order valence-electron chi connectivity index (χ4n) is 3.81. The topological polar surface area (TPSA) is 49.0 Å². The predicted molar refractivity (Wildman–Crippen MR) is 97.4 cm³/mol. The van der Waals surface area contributed by atoms with Crippen LogP contribution in [0.1, 0.15) is 28.1 Å². The number of benzene rings is 1. The molecule has 0 saturated carbocycles. The van der Waals surface area contributed by atoms with Crippen LogP contribution in [-0.4, -0.2) is 9.67 Å². The lowest BCUT2D eigenvalue weighted by Crippen LogP contribution is -1.96. The Hall–Kier alpha value is -2.51. The third-order valence-corrected chi connectivity index (χ3v) is 5.86. The monoisotopic (exact) mass is 334 g/mol.